The number of fused-ring (bicyclic) bond motifs is 1. The highest BCUT2D eigenvalue weighted by molar-refractivity contribution is 5.91. The van der Waals surface area contributed by atoms with Crippen molar-refractivity contribution in [1.29, 1.82) is 0 Å². The average molecular weight is 244 g/mol. The number of carboxylic acid groups (broad SMARTS) is 1. The van der Waals surface area contributed by atoms with E-state index >= 15 is 0 Å². The molecule has 94 valence electrons. The molecule has 0 fully saturated rings. The third-order valence-corrected chi connectivity index (χ3v) is 2.95. The lowest BCUT2D eigenvalue weighted by molar-refractivity contribution is -0.146. The molecule has 4 nitrogen and oxygen atoms in total. The molecular formula is C14H16N2O2. The van der Waals surface area contributed by atoms with Gasteiger partial charge in [0.1, 0.15) is 5.82 Å². The summed E-state index contributed by atoms with van der Waals surface area (Å²) >= 11 is 0. The Balaban J connectivity index is 2.25. The van der Waals surface area contributed by atoms with Crippen molar-refractivity contribution in [2.24, 2.45) is 5.41 Å². The summed E-state index contributed by atoms with van der Waals surface area (Å²) in [5.41, 5.74) is -0.821. The fraction of sp³-hybridized carbons (Fsp3) is 0.286. The van der Waals surface area contributed by atoms with Crippen LogP contribution in [0.25, 0.3) is 10.8 Å². The molecule has 18 heavy (non-hydrogen) atoms. The normalized spacial score (nSPS) is 11.4. The van der Waals surface area contributed by atoms with Gasteiger partial charge < -0.3 is 10.4 Å². The first kappa shape index (κ1) is 12.4. The lowest BCUT2D eigenvalue weighted by Crippen LogP contribution is -2.32. The Morgan fingerprint density at radius 3 is 2.78 bits per heavy atom. The van der Waals surface area contributed by atoms with Gasteiger partial charge in [0.25, 0.3) is 0 Å². The van der Waals surface area contributed by atoms with Gasteiger partial charge in [0, 0.05) is 18.1 Å². The Morgan fingerprint density at radius 2 is 2.06 bits per heavy atom. The molecule has 0 unspecified atom stereocenters. The van der Waals surface area contributed by atoms with Crippen LogP contribution in [0.4, 0.5) is 5.82 Å². The molecule has 0 saturated heterocycles. The predicted octanol–water partition coefficient (Wildman–Crippen LogP) is 2.76. The Bertz CT molecular complexity index is 574. The SMILES string of the molecule is CC(C)(CNc1nccc2ccccc12)C(=O)O. The van der Waals surface area contributed by atoms with E-state index < -0.39 is 11.4 Å². The molecule has 1 aromatic carbocycles. The standard InChI is InChI=1S/C14H16N2O2/c1-14(2,13(17)18)9-16-12-11-6-4-3-5-10(11)7-8-15-12/h3-8H,9H2,1-2H3,(H,15,16)(H,17,18). The van der Waals surface area contributed by atoms with Crippen LogP contribution in [-0.2, 0) is 4.79 Å². The quantitative estimate of drug-likeness (QED) is 0.868. The Morgan fingerprint density at radius 1 is 1.33 bits per heavy atom. The summed E-state index contributed by atoms with van der Waals surface area (Å²) in [6.45, 7) is 3.71. The maximum atomic E-state index is 11.0. The zero-order valence-corrected chi connectivity index (χ0v) is 10.5. The second-order valence-corrected chi connectivity index (χ2v) is 4.92. The van der Waals surface area contributed by atoms with Crippen LogP contribution in [0.1, 0.15) is 13.8 Å². The number of benzene rings is 1. The highest BCUT2D eigenvalue weighted by Gasteiger charge is 2.26. The maximum Gasteiger partial charge on any atom is 0.310 e. The summed E-state index contributed by atoms with van der Waals surface area (Å²) in [6, 6.07) is 9.82. The fourth-order valence-electron chi connectivity index (χ4n) is 1.64. The van der Waals surface area contributed by atoms with E-state index in [4.69, 9.17) is 5.11 Å². The minimum Gasteiger partial charge on any atom is -0.481 e. The van der Waals surface area contributed by atoms with Crippen LogP contribution in [0.15, 0.2) is 36.5 Å². The minimum atomic E-state index is -0.824. The molecule has 4 heteroatoms. The molecule has 0 radical (unpaired) electrons. The number of aliphatic carboxylic acids is 1. The monoisotopic (exact) mass is 244 g/mol. The maximum absolute atomic E-state index is 11.0. The summed E-state index contributed by atoms with van der Waals surface area (Å²) in [6.07, 6.45) is 1.72. The zero-order valence-electron chi connectivity index (χ0n) is 10.5. The number of nitrogens with zero attached hydrogens (tertiary/aromatic N) is 1. The number of pyridine rings is 1. The van der Waals surface area contributed by atoms with Gasteiger partial charge in [-0.15, -0.1) is 0 Å². The topological polar surface area (TPSA) is 62.2 Å². The number of anilines is 1. The molecule has 0 amide bonds. The van der Waals surface area contributed by atoms with Gasteiger partial charge >= 0.3 is 5.97 Å². The van der Waals surface area contributed by atoms with E-state index in [1.807, 2.05) is 30.3 Å². The number of nitrogens with one attached hydrogen (secondary N) is 1. The van der Waals surface area contributed by atoms with Gasteiger partial charge in [-0.25, -0.2) is 4.98 Å². The number of carboxylic acids is 1. The van der Waals surface area contributed by atoms with E-state index in [-0.39, 0.29) is 0 Å². The molecule has 0 bridgehead atoms. The third kappa shape index (κ3) is 2.42. The first-order valence-corrected chi connectivity index (χ1v) is 5.82. The summed E-state index contributed by atoms with van der Waals surface area (Å²) in [4.78, 5) is 15.3. The van der Waals surface area contributed by atoms with E-state index in [1.165, 1.54) is 0 Å². The van der Waals surface area contributed by atoms with Crippen LogP contribution in [-0.4, -0.2) is 22.6 Å². The molecule has 0 saturated carbocycles. The van der Waals surface area contributed by atoms with Crippen molar-refractivity contribution < 1.29 is 9.90 Å². The molecule has 0 spiro atoms. The van der Waals surface area contributed by atoms with Gasteiger partial charge in [0.2, 0.25) is 0 Å². The number of hydrogen-bond acceptors (Lipinski definition) is 3. The van der Waals surface area contributed by atoms with Gasteiger partial charge in [-0.3, -0.25) is 4.79 Å². The van der Waals surface area contributed by atoms with Crippen molar-refractivity contribution in [3.63, 3.8) is 0 Å². The Labute approximate surface area is 106 Å². The molecule has 0 atom stereocenters. The Kier molecular flexibility index (Phi) is 3.19. The van der Waals surface area contributed by atoms with Gasteiger partial charge in [0.15, 0.2) is 0 Å². The van der Waals surface area contributed by atoms with Crippen LogP contribution in [0.2, 0.25) is 0 Å². The molecule has 2 rings (SSSR count). The fourth-order valence-corrected chi connectivity index (χ4v) is 1.64. The molecule has 0 aliphatic rings. The average Bonchev–Trinajstić information content (AvgIpc) is 2.36. The molecule has 2 aromatic rings. The van der Waals surface area contributed by atoms with Crippen LogP contribution < -0.4 is 5.32 Å². The van der Waals surface area contributed by atoms with Gasteiger partial charge in [0.05, 0.1) is 5.41 Å². The molecule has 0 aliphatic heterocycles. The lowest BCUT2D eigenvalue weighted by Gasteiger charge is -2.20. The van der Waals surface area contributed by atoms with E-state index in [0.717, 1.165) is 16.6 Å². The molecular weight excluding hydrogens is 228 g/mol. The summed E-state index contributed by atoms with van der Waals surface area (Å²) in [5.74, 6) is -0.0994. The van der Waals surface area contributed by atoms with Gasteiger partial charge in [-0.05, 0) is 25.3 Å². The van der Waals surface area contributed by atoms with Gasteiger partial charge in [-0.1, -0.05) is 24.3 Å². The first-order valence-electron chi connectivity index (χ1n) is 5.82. The van der Waals surface area contributed by atoms with Crippen molar-refractivity contribution >= 4 is 22.6 Å². The number of hydrogen-bond donors (Lipinski definition) is 2. The van der Waals surface area contributed by atoms with Crippen LogP contribution in [0, 0.1) is 5.41 Å². The summed E-state index contributed by atoms with van der Waals surface area (Å²) in [5, 5.41) is 14.3. The van der Waals surface area contributed by atoms with Crippen LogP contribution in [0.5, 0.6) is 0 Å². The summed E-state index contributed by atoms with van der Waals surface area (Å²) in [7, 11) is 0. The smallest absolute Gasteiger partial charge is 0.310 e. The lowest BCUT2D eigenvalue weighted by atomic mass is 9.94. The van der Waals surface area contributed by atoms with Gasteiger partial charge in [-0.2, -0.15) is 0 Å². The van der Waals surface area contributed by atoms with Crippen molar-refractivity contribution in [3.05, 3.63) is 36.5 Å². The minimum absolute atomic E-state index is 0.337. The molecule has 0 aliphatic carbocycles. The van der Waals surface area contributed by atoms with E-state index in [0.29, 0.717) is 6.54 Å². The highest BCUT2D eigenvalue weighted by Crippen LogP contribution is 2.22. The zero-order chi connectivity index (χ0) is 13.2. The van der Waals surface area contributed by atoms with E-state index in [9.17, 15) is 4.79 Å². The van der Waals surface area contributed by atoms with E-state index in [2.05, 4.69) is 10.3 Å². The van der Waals surface area contributed by atoms with Crippen molar-refractivity contribution in [2.45, 2.75) is 13.8 Å². The molecule has 2 N–H and O–H groups in total. The second kappa shape index (κ2) is 4.64. The Hall–Kier alpha value is -2.10. The third-order valence-electron chi connectivity index (χ3n) is 2.95. The number of rotatable bonds is 4. The molecule has 1 heterocycles. The first-order chi connectivity index (χ1) is 8.50. The van der Waals surface area contributed by atoms with Crippen LogP contribution >= 0.6 is 0 Å². The highest BCUT2D eigenvalue weighted by atomic mass is 16.4. The van der Waals surface area contributed by atoms with Crippen LogP contribution in [0.3, 0.4) is 0 Å². The molecule has 1 aromatic heterocycles. The van der Waals surface area contributed by atoms with Crippen molar-refractivity contribution in [1.82, 2.24) is 4.98 Å². The second-order valence-electron chi connectivity index (χ2n) is 4.92. The van der Waals surface area contributed by atoms with Crippen molar-refractivity contribution in [2.75, 3.05) is 11.9 Å². The number of carbonyl (C=O) groups is 1. The predicted molar refractivity (Wildman–Crippen MR) is 71.6 cm³/mol. The number of aromatic nitrogens is 1. The largest absolute Gasteiger partial charge is 0.481 e. The van der Waals surface area contributed by atoms with Crippen molar-refractivity contribution in [3.8, 4) is 0 Å². The summed E-state index contributed by atoms with van der Waals surface area (Å²) < 4.78 is 0. The van der Waals surface area contributed by atoms with E-state index in [1.54, 1.807) is 20.0 Å².